The van der Waals surface area contributed by atoms with Gasteiger partial charge in [0.2, 0.25) is 0 Å². The van der Waals surface area contributed by atoms with E-state index in [2.05, 4.69) is 28.8 Å². The van der Waals surface area contributed by atoms with Crippen LogP contribution in [0.1, 0.15) is 41.6 Å². The minimum atomic E-state index is -0.0806. The van der Waals surface area contributed by atoms with Gasteiger partial charge in [-0.2, -0.15) is 5.26 Å². The molecule has 2 aromatic carbocycles. The van der Waals surface area contributed by atoms with Crippen molar-refractivity contribution >= 4 is 11.6 Å². The van der Waals surface area contributed by atoms with E-state index in [0.717, 1.165) is 37.9 Å². The highest BCUT2D eigenvalue weighted by Crippen LogP contribution is 2.25. The van der Waals surface area contributed by atoms with E-state index >= 15 is 0 Å². The summed E-state index contributed by atoms with van der Waals surface area (Å²) in [5, 5.41) is 15.5. The lowest BCUT2D eigenvalue weighted by Crippen LogP contribution is -2.38. The molecule has 0 radical (unpaired) electrons. The summed E-state index contributed by atoms with van der Waals surface area (Å²) < 4.78 is 0. The van der Waals surface area contributed by atoms with Gasteiger partial charge < -0.3 is 10.6 Å². The number of carbonyl (C=O) groups is 1. The van der Waals surface area contributed by atoms with Crippen LogP contribution in [-0.4, -0.2) is 18.5 Å². The molecule has 1 aliphatic carbocycles. The number of carbonyl (C=O) groups excluding carboxylic acids is 1. The fraction of sp³-hybridized carbons (Fsp3) is 0.333. The van der Waals surface area contributed by atoms with Gasteiger partial charge in [-0.15, -0.1) is 0 Å². The molecule has 2 aromatic rings. The molecule has 4 nitrogen and oxygen atoms in total. The van der Waals surface area contributed by atoms with Gasteiger partial charge in [0, 0.05) is 23.8 Å². The van der Waals surface area contributed by atoms with Crippen molar-refractivity contribution in [2.75, 3.05) is 11.9 Å². The van der Waals surface area contributed by atoms with Crippen molar-refractivity contribution in [2.45, 2.75) is 31.7 Å². The van der Waals surface area contributed by atoms with E-state index in [9.17, 15) is 4.79 Å². The zero-order chi connectivity index (χ0) is 17.5. The summed E-state index contributed by atoms with van der Waals surface area (Å²) in [5.41, 5.74) is 2.24. The van der Waals surface area contributed by atoms with Crippen LogP contribution in [-0.2, 0) is 0 Å². The molecule has 0 unspecified atom stereocenters. The van der Waals surface area contributed by atoms with Crippen LogP contribution in [0.5, 0.6) is 0 Å². The number of hydrogen-bond acceptors (Lipinski definition) is 3. The Labute approximate surface area is 148 Å². The van der Waals surface area contributed by atoms with Gasteiger partial charge in [0.05, 0.1) is 11.6 Å². The Morgan fingerprint density at radius 3 is 2.52 bits per heavy atom. The number of hydrogen-bond donors (Lipinski definition) is 2. The molecule has 0 saturated heterocycles. The van der Waals surface area contributed by atoms with Crippen molar-refractivity contribution < 1.29 is 4.79 Å². The first kappa shape index (κ1) is 17.0. The third kappa shape index (κ3) is 4.84. The van der Waals surface area contributed by atoms with Crippen LogP contribution in [0.2, 0.25) is 0 Å². The second-order valence-electron chi connectivity index (χ2n) is 6.63. The summed E-state index contributed by atoms with van der Waals surface area (Å²) in [6.45, 7) is 0.981. The highest BCUT2D eigenvalue weighted by Gasteiger charge is 2.22. The minimum Gasteiger partial charge on any atom is -0.385 e. The predicted molar refractivity (Wildman–Crippen MR) is 99.3 cm³/mol. The number of nitrogens with one attached hydrogen (secondary N) is 2. The molecule has 2 N–H and O–H groups in total. The Morgan fingerprint density at radius 1 is 1.04 bits per heavy atom. The van der Waals surface area contributed by atoms with E-state index in [1.165, 1.54) is 0 Å². The lowest BCUT2D eigenvalue weighted by Gasteiger charge is -2.29. The number of amides is 1. The third-order valence-corrected chi connectivity index (χ3v) is 4.80. The molecule has 0 bridgehead atoms. The van der Waals surface area contributed by atoms with Crippen molar-refractivity contribution in [3.05, 3.63) is 65.7 Å². The molecule has 3 rings (SSSR count). The fourth-order valence-electron chi connectivity index (χ4n) is 3.33. The van der Waals surface area contributed by atoms with Crippen molar-refractivity contribution in [3.63, 3.8) is 0 Å². The Kier molecular flexibility index (Phi) is 5.69. The van der Waals surface area contributed by atoms with Crippen LogP contribution >= 0.6 is 0 Å². The number of benzene rings is 2. The number of para-hydroxylation sites is 1. The average Bonchev–Trinajstić information content (AvgIpc) is 2.68. The highest BCUT2D eigenvalue weighted by molar-refractivity contribution is 5.94. The zero-order valence-electron chi connectivity index (χ0n) is 14.2. The first-order valence-electron chi connectivity index (χ1n) is 8.84. The topological polar surface area (TPSA) is 64.9 Å². The number of nitrogens with zero attached hydrogens (tertiary/aromatic N) is 1. The SMILES string of the molecule is N#Cc1cccc(C(=O)NC2CCC(CNc3ccccc3)CC2)c1. The standard InChI is InChI=1S/C21H23N3O/c22-14-17-5-4-6-18(13-17)21(25)24-20-11-9-16(10-12-20)15-23-19-7-2-1-3-8-19/h1-8,13,16,20,23H,9-12,15H2,(H,24,25). The van der Waals surface area contributed by atoms with Crippen molar-refractivity contribution in [1.29, 1.82) is 5.26 Å². The first-order valence-corrected chi connectivity index (χ1v) is 8.84. The van der Waals surface area contributed by atoms with Crippen LogP contribution < -0.4 is 10.6 Å². The average molecular weight is 333 g/mol. The second kappa shape index (κ2) is 8.34. The summed E-state index contributed by atoms with van der Waals surface area (Å²) >= 11 is 0. The van der Waals surface area contributed by atoms with E-state index in [1.807, 2.05) is 18.2 Å². The smallest absolute Gasteiger partial charge is 0.251 e. The van der Waals surface area contributed by atoms with E-state index < -0.39 is 0 Å². The van der Waals surface area contributed by atoms with E-state index in [4.69, 9.17) is 5.26 Å². The summed E-state index contributed by atoms with van der Waals surface area (Å²) in [7, 11) is 0. The lowest BCUT2D eigenvalue weighted by molar-refractivity contribution is 0.0922. The molecule has 1 saturated carbocycles. The van der Waals surface area contributed by atoms with Crippen molar-refractivity contribution in [1.82, 2.24) is 5.32 Å². The van der Waals surface area contributed by atoms with E-state index in [-0.39, 0.29) is 11.9 Å². The third-order valence-electron chi connectivity index (χ3n) is 4.80. The Bertz CT molecular complexity index is 743. The first-order chi connectivity index (χ1) is 12.2. The number of anilines is 1. The zero-order valence-corrected chi connectivity index (χ0v) is 14.2. The molecule has 1 aliphatic rings. The molecule has 1 amide bonds. The highest BCUT2D eigenvalue weighted by atomic mass is 16.1. The quantitative estimate of drug-likeness (QED) is 0.870. The molecular weight excluding hydrogens is 310 g/mol. The molecular formula is C21H23N3O. The van der Waals surface area contributed by atoms with Crippen LogP contribution in [0, 0.1) is 17.2 Å². The van der Waals surface area contributed by atoms with E-state index in [1.54, 1.807) is 24.3 Å². The maximum atomic E-state index is 12.3. The van der Waals surface area contributed by atoms with Crippen LogP contribution in [0.15, 0.2) is 54.6 Å². The summed E-state index contributed by atoms with van der Waals surface area (Å²) in [6, 6.07) is 19.4. The van der Waals surface area contributed by atoms with Crippen LogP contribution in [0.4, 0.5) is 5.69 Å². The predicted octanol–water partition coefficient (Wildman–Crippen LogP) is 3.96. The van der Waals surface area contributed by atoms with Gasteiger partial charge >= 0.3 is 0 Å². The Morgan fingerprint density at radius 2 is 1.80 bits per heavy atom. The lowest BCUT2D eigenvalue weighted by atomic mass is 9.86. The molecule has 0 atom stereocenters. The Hall–Kier alpha value is -2.80. The van der Waals surface area contributed by atoms with Gasteiger partial charge in [-0.1, -0.05) is 24.3 Å². The largest absolute Gasteiger partial charge is 0.385 e. The van der Waals surface area contributed by atoms with Crippen molar-refractivity contribution in [3.8, 4) is 6.07 Å². The molecule has 1 fully saturated rings. The number of nitriles is 1. The molecule has 128 valence electrons. The molecule has 0 spiro atoms. The van der Waals surface area contributed by atoms with Gasteiger partial charge in [0.1, 0.15) is 0 Å². The van der Waals surface area contributed by atoms with Gasteiger partial charge in [-0.25, -0.2) is 0 Å². The molecule has 4 heteroatoms. The van der Waals surface area contributed by atoms with Gasteiger partial charge in [0.15, 0.2) is 0 Å². The molecule has 0 aromatic heterocycles. The Balaban J connectivity index is 1.44. The van der Waals surface area contributed by atoms with Gasteiger partial charge in [-0.3, -0.25) is 4.79 Å². The van der Waals surface area contributed by atoms with Gasteiger partial charge in [-0.05, 0) is 61.9 Å². The summed E-state index contributed by atoms with van der Waals surface area (Å²) in [5.74, 6) is 0.568. The van der Waals surface area contributed by atoms with E-state index in [0.29, 0.717) is 17.0 Å². The molecule has 25 heavy (non-hydrogen) atoms. The maximum absolute atomic E-state index is 12.3. The summed E-state index contributed by atoms with van der Waals surface area (Å²) in [6.07, 6.45) is 4.24. The molecule has 0 aliphatic heterocycles. The van der Waals surface area contributed by atoms with Crippen LogP contribution in [0.3, 0.4) is 0 Å². The second-order valence-corrected chi connectivity index (χ2v) is 6.63. The van der Waals surface area contributed by atoms with Crippen molar-refractivity contribution in [2.24, 2.45) is 5.92 Å². The molecule has 0 heterocycles. The summed E-state index contributed by atoms with van der Waals surface area (Å²) in [4.78, 5) is 12.3. The monoisotopic (exact) mass is 333 g/mol. The minimum absolute atomic E-state index is 0.0806. The maximum Gasteiger partial charge on any atom is 0.251 e. The number of rotatable bonds is 5. The fourth-order valence-corrected chi connectivity index (χ4v) is 3.33. The van der Waals surface area contributed by atoms with Gasteiger partial charge in [0.25, 0.3) is 5.91 Å². The normalized spacial score (nSPS) is 19.6. The van der Waals surface area contributed by atoms with Crippen LogP contribution in [0.25, 0.3) is 0 Å².